The molecular weight excluding hydrogens is 214 g/mol. The highest BCUT2D eigenvalue weighted by Gasteiger charge is 2.22. The Kier molecular flexibility index (Phi) is 2.48. The van der Waals surface area contributed by atoms with Gasteiger partial charge >= 0.3 is 0 Å². The van der Waals surface area contributed by atoms with Gasteiger partial charge in [-0.05, 0) is 6.92 Å². The molecular formula is C12H17N5. The maximum Gasteiger partial charge on any atom is 0.0951 e. The molecule has 0 saturated carbocycles. The van der Waals surface area contributed by atoms with Crippen molar-refractivity contribution in [3.05, 3.63) is 35.7 Å². The number of aromatic nitrogens is 4. The van der Waals surface area contributed by atoms with Crippen molar-refractivity contribution < 1.29 is 0 Å². The van der Waals surface area contributed by atoms with Crippen LogP contribution >= 0.6 is 0 Å². The van der Waals surface area contributed by atoms with Gasteiger partial charge in [0.2, 0.25) is 0 Å². The van der Waals surface area contributed by atoms with E-state index in [9.17, 15) is 0 Å². The van der Waals surface area contributed by atoms with Crippen molar-refractivity contribution in [2.75, 3.05) is 13.1 Å². The van der Waals surface area contributed by atoms with Gasteiger partial charge in [-0.1, -0.05) is 0 Å². The van der Waals surface area contributed by atoms with Crippen LogP contribution in [-0.4, -0.2) is 32.4 Å². The molecule has 5 heteroatoms. The van der Waals surface area contributed by atoms with E-state index in [-0.39, 0.29) is 0 Å². The summed E-state index contributed by atoms with van der Waals surface area (Å²) >= 11 is 0. The molecule has 0 amide bonds. The molecule has 3 rings (SSSR count). The van der Waals surface area contributed by atoms with E-state index in [0.717, 1.165) is 19.6 Å². The van der Waals surface area contributed by atoms with Gasteiger partial charge < -0.3 is 9.88 Å². The van der Waals surface area contributed by atoms with Crippen molar-refractivity contribution in [1.29, 1.82) is 0 Å². The number of aryl methyl sites for hydroxylation is 1. The highest BCUT2D eigenvalue weighted by Crippen LogP contribution is 2.20. The van der Waals surface area contributed by atoms with Crippen LogP contribution in [0.5, 0.6) is 0 Å². The molecule has 0 atom stereocenters. The standard InChI is InChI=1S/C12H17N5/c1-9-11(5-15-16(9)2)7-17-8-14-6-12(17)10-3-13-4-10/h5-6,8,10,13H,3-4,7H2,1-2H3. The first-order valence-electron chi connectivity index (χ1n) is 5.94. The number of rotatable bonds is 3. The second kappa shape index (κ2) is 4.00. The van der Waals surface area contributed by atoms with E-state index < -0.39 is 0 Å². The van der Waals surface area contributed by atoms with Gasteiger partial charge in [0.25, 0.3) is 0 Å². The number of hydrogen-bond acceptors (Lipinski definition) is 3. The summed E-state index contributed by atoms with van der Waals surface area (Å²) in [6.07, 6.45) is 5.84. The maximum absolute atomic E-state index is 4.28. The predicted octanol–water partition coefficient (Wildman–Crippen LogP) is 0.660. The Hall–Kier alpha value is -1.62. The minimum absolute atomic E-state index is 0.620. The predicted molar refractivity (Wildman–Crippen MR) is 64.9 cm³/mol. The lowest BCUT2D eigenvalue weighted by molar-refractivity contribution is 0.427. The minimum Gasteiger partial charge on any atom is -0.330 e. The van der Waals surface area contributed by atoms with Gasteiger partial charge in [0.05, 0.1) is 19.1 Å². The Morgan fingerprint density at radius 1 is 1.41 bits per heavy atom. The Labute approximate surface area is 100 Å². The van der Waals surface area contributed by atoms with E-state index in [4.69, 9.17) is 0 Å². The fraction of sp³-hybridized carbons (Fsp3) is 0.500. The molecule has 0 spiro atoms. The molecule has 0 radical (unpaired) electrons. The highest BCUT2D eigenvalue weighted by molar-refractivity contribution is 5.19. The molecule has 0 bridgehead atoms. The van der Waals surface area contributed by atoms with Gasteiger partial charge in [-0.25, -0.2) is 4.98 Å². The molecule has 3 heterocycles. The summed E-state index contributed by atoms with van der Waals surface area (Å²) in [5.41, 5.74) is 3.81. The third-order valence-electron chi connectivity index (χ3n) is 3.62. The van der Waals surface area contributed by atoms with Gasteiger partial charge in [-0.3, -0.25) is 4.68 Å². The van der Waals surface area contributed by atoms with E-state index >= 15 is 0 Å². The Morgan fingerprint density at radius 3 is 2.82 bits per heavy atom. The van der Waals surface area contributed by atoms with E-state index in [1.54, 1.807) is 0 Å². The van der Waals surface area contributed by atoms with Gasteiger partial charge in [0.1, 0.15) is 0 Å². The second-order valence-corrected chi connectivity index (χ2v) is 4.68. The van der Waals surface area contributed by atoms with E-state index in [0.29, 0.717) is 5.92 Å². The van der Waals surface area contributed by atoms with Crippen molar-refractivity contribution in [3.63, 3.8) is 0 Å². The summed E-state index contributed by atoms with van der Waals surface area (Å²) in [7, 11) is 1.98. The van der Waals surface area contributed by atoms with E-state index in [1.807, 2.05) is 30.5 Å². The first-order valence-corrected chi connectivity index (χ1v) is 5.94. The van der Waals surface area contributed by atoms with E-state index in [2.05, 4.69) is 26.9 Å². The first kappa shape index (κ1) is 10.5. The van der Waals surface area contributed by atoms with Crippen LogP contribution in [0, 0.1) is 6.92 Å². The fourth-order valence-corrected chi connectivity index (χ4v) is 2.18. The quantitative estimate of drug-likeness (QED) is 0.844. The molecule has 2 aromatic heterocycles. The summed E-state index contributed by atoms with van der Waals surface area (Å²) in [4.78, 5) is 4.27. The summed E-state index contributed by atoms with van der Waals surface area (Å²) in [6, 6.07) is 0. The number of imidazole rings is 1. The van der Waals surface area contributed by atoms with Crippen LogP contribution in [0.4, 0.5) is 0 Å². The SMILES string of the molecule is Cc1c(Cn2cncc2C2CNC2)cnn1C. The zero-order valence-corrected chi connectivity index (χ0v) is 10.2. The molecule has 1 aliphatic heterocycles. The smallest absolute Gasteiger partial charge is 0.0951 e. The van der Waals surface area contributed by atoms with Gasteiger partial charge in [-0.2, -0.15) is 5.10 Å². The average molecular weight is 231 g/mol. The zero-order chi connectivity index (χ0) is 11.8. The summed E-state index contributed by atoms with van der Waals surface area (Å²) < 4.78 is 4.15. The number of hydrogen-bond donors (Lipinski definition) is 1. The van der Waals surface area contributed by atoms with Crippen molar-refractivity contribution in [2.24, 2.45) is 7.05 Å². The van der Waals surface area contributed by atoms with Crippen LogP contribution in [0.15, 0.2) is 18.7 Å². The average Bonchev–Trinajstić information content (AvgIpc) is 2.79. The molecule has 0 unspecified atom stereocenters. The lowest BCUT2D eigenvalue weighted by atomic mass is 10.00. The third kappa shape index (κ3) is 1.76. The van der Waals surface area contributed by atoms with Gasteiger partial charge in [0, 0.05) is 49.2 Å². The molecule has 17 heavy (non-hydrogen) atoms. The Morgan fingerprint density at radius 2 is 2.24 bits per heavy atom. The van der Waals surface area contributed by atoms with Crippen LogP contribution in [0.25, 0.3) is 0 Å². The largest absolute Gasteiger partial charge is 0.330 e. The highest BCUT2D eigenvalue weighted by atomic mass is 15.3. The van der Waals surface area contributed by atoms with Gasteiger partial charge in [-0.15, -0.1) is 0 Å². The zero-order valence-electron chi connectivity index (χ0n) is 10.2. The van der Waals surface area contributed by atoms with Crippen molar-refractivity contribution in [3.8, 4) is 0 Å². The summed E-state index contributed by atoms with van der Waals surface area (Å²) in [5.74, 6) is 0.620. The molecule has 1 saturated heterocycles. The summed E-state index contributed by atoms with van der Waals surface area (Å²) in [6.45, 7) is 5.10. The van der Waals surface area contributed by atoms with Crippen LogP contribution in [0.1, 0.15) is 22.9 Å². The molecule has 90 valence electrons. The lowest BCUT2D eigenvalue weighted by Gasteiger charge is -2.27. The van der Waals surface area contributed by atoms with Crippen LogP contribution < -0.4 is 5.32 Å². The van der Waals surface area contributed by atoms with Crippen molar-refractivity contribution in [2.45, 2.75) is 19.4 Å². The van der Waals surface area contributed by atoms with Crippen LogP contribution in [0.3, 0.4) is 0 Å². The number of nitrogens with one attached hydrogen (secondary N) is 1. The normalized spacial score (nSPS) is 16.1. The molecule has 1 fully saturated rings. The topological polar surface area (TPSA) is 47.7 Å². The molecule has 5 nitrogen and oxygen atoms in total. The lowest BCUT2D eigenvalue weighted by Crippen LogP contribution is -2.40. The van der Waals surface area contributed by atoms with Crippen LogP contribution in [-0.2, 0) is 13.6 Å². The van der Waals surface area contributed by atoms with Crippen molar-refractivity contribution in [1.82, 2.24) is 24.6 Å². The molecule has 0 aromatic carbocycles. The van der Waals surface area contributed by atoms with E-state index in [1.165, 1.54) is 17.0 Å². The fourth-order valence-electron chi connectivity index (χ4n) is 2.18. The Balaban J connectivity index is 1.85. The molecule has 1 aliphatic rings. The third-order valence-corrected chi connectivity index (χ3v) is 3.62. The monoisotopic (exact) mass is 231 g/mol. The molecule has 1 N–H and O–H groups in total. The molecule has 2 aromatic rings. The maximum atomic E-state index is 4.28. The first-order chi connectivity index (χ1) is 8.25. The van der Waals surface area contributed by atoms with Crippen LogP contribution in [0.2, 0.25) is 0 Å². The second-order valence-electron chi connectivity index (χ2n) is 4.68. The van der Waals surface area contributed by atoms with Crippen molar-refractivity contribution >= 4 is 0 Å². The molecule has 0 aliphatic carbocycles. The summed E-state index contributed by atoms with van der Waals surface area (Å²) in [5, 5.41) is 7.57. The van der Waals surface area contributed by atoms with Gasteiger partial charge in [0.15, 0.2) is 0 Å². The number of nitrogens with zero attached hydrogens (tertiary/aromatic N) is 4. The minimum atomic E-state index is 0.620. The Bertz CT molecular complexity index is 521.